The third-order valence-corrected chi connectivity index (χ3v) is 4.87. The van der Waals surface area contributed by atoms with E-state index >= 15 is 0 Å². The van der Waals surface area contributed by atoms with Crippen molar-refractivity contribution >= 4 is 22.7 Å². The molecule has 0 aromatic heterocycles. The molecule has 0 saturated carbocycles. The summed E-state index contributed by atoms with van der Waals surface area (Å²) >= 11 is 6.08. The molecule has 4 rings (SSSR count). The third-order valence-electron chi connectivity index (χ3n) is 4.62. The molecule has 3 aromatic carbocycles. The molecule has 1 atom stereocenters. The van der Waals surface area contributed by atoms with E-state index in [9.17, 15) is 0 Å². The largest absolute Gasteiger partial charge is 0.0843 e. The van der Waals surface area contributed by atoms with Crippen molar-refractivity contribution in [3.05, 3.63) is 106 Å². The van der Waals surface area contributed by atoms with Crippen LogP contribution >= 0.6 is 11.6 Å². The van der Waals surface area contributed by atoms with E-state index in [0.29, 0.717) is 5.92 Å². The first-order valence-corrected chi connectivity index (χ1v) is 8.28. The molecular weight excluding hydrogens is 300 g/mol. The second-order valence-corrected chi connectivity index (χ2v) is 6.41. The Kier molecular flexibility index (Phi) is 3.55. The lowest BCUT2D eigenvalue weighted by atomic mass is 9.91. The Hall–Kier alpha value is -2.31. The van der Waals surface area contributed by atoms with Crippen molar-refractivity contribution in [2.75, 3.05) is 0 Å². The van der Waals surface area contributed by atoms with Gasteiger partial charge in [-0.3, -0.25) is 0 Å². The van der Waals surface area contributed by atoms with Gasteiger partial charge in [0.2, 0.25) is 0 Å². The maximum absolute atomic E-state index is 6.08. The van der Waals surface area contributed by atoms with Crippen LogP contribution in [0.15, 0.2) is 78.9 Å². The zero-order valence-electron chi connectivity index (χ0n) is 13.0. The minimum atomic E-state index is 0.388. The van der Waals surface area contributed by atoms with Crippen LogP contribution in [0.25, 0.3) is 11.1 Å². The van der Waals surface area contributed by atoms with Crippen molar-refractivity contribution in [3.63, 3.8) is 0 Å². The van der Waals surface area contributed by atoms with Gasteiger partial charge in [-0.15, -0.1) is 0 Å². The molecule has 0 nitrogen and oxygen atoms in total. The Morgan fingerprint density at radius 1 is 0.696 bits per heavy atom. The van der Waals surface area contributed by atoms with Gasteiger partial charge in [-0.2, -0.15) is 0 Å². The van der Waals surface area contributed by atoms with Crippen LogP contribution in [-0.2, 0) is 0 Å². The third kappa shape index (κ3) is 2.40. The van der Waals surface area contributed by atoms with Crippen LogP contribution in [0.5, 0.6) is 0 Å². The fourth-order valence-corrected chi connectivity index (χ4v) is 3.68. The maximum Gasteiger partial charge on any atom is 0.0406 e. The molecule has 0 N–H and O–H groups in total. The Balaban J connectivity index is 2.00. The fourth-order valence-electron chi connectivity index (χ4n) is 3.56. The Morgan fingerprint density at radius 2 is 1.35 bits per heavy atom. The smallest absolute Gasteiger partial charge is 0.0406 e. The zero-order chi connectivity index (χ0) is 15.8. The summed E-state index contributed by atoms with van der Waals surface area (Å²) in [6.07, 6.45) is 0. The second kappa shape index (κ2) is 5.72. The summed E-state index contributed by atoms with van der Waals surface area (Å²) in [5.74, 6) is 0.388. The monoisotopic (exact) mass is 316 g/mol. The Labute approximate surface area is 142 Å². The lowest BCUT2D eigenvalue weighted by Crippen LogP contribution is -1.93. The van der Waals surface area contributed by atoms with Gasteiger partial charge in [0.15, 0.2) is 0 Å². The molecule has 23 heavy (non-hydrogen) atoms. The van der Waals surface area contributed by atoms with Crippen LogP contribution in [0.1, 0.15) is 35.1 Å². The molecule has 0 amide bonds. The summed E-state index contributed by atoms with van der Waals surface area (Å²) in [5.41, 5.74) is 7.98. The van der Waals surface area contributed by atoms with E-state index in [4.69, 9.17) is 11.6 Å². The molecule has 0 heterocycles. The molecule has 0 bridgehead atoms. The van der Waals surface area contributed by atoms with E-state index in [1.165, 1.54) is 33.4 Å². The van der Waals surface area contributed by atoms with E-state index in [1.54, 1.807) is 0 Å². The number of benzene rings is 3. The molecule has 1 aliphatic rings. The van der Waals surface area contributed by atoms with E-state index in [1.807, 2.05) is 12.1 Å². The molecule has 0 radical (unpaired) electrons. The van der Waals surface area contributed by atoms with Gasteiger partial charge in [-0.05, 0) is 45.5 Å². The van der Waals surface area contributed by atoms with Crippen LogP contribution in [0, 0.1) is 0 Å². The van der Waals surface area contributed by atoms with Gasteiger partial charge in [0.05, 0.1) is 0 Å². The van der Waals surface area contributed by atoms with Crippen LogP contribution in [0.3, 0.4) is 0 Å². The maximum atomic E-state index is 6.08. The van der Waals surface area contributed by atoms with Crippen molar-refractivity contribution in [1.29, 1.82) is 0 Å². The molecule has 1 aliphatic carbocycles. The predicted octanol–water partition coefficient (Wildman–Crippen LogP) is 6.42. The highest BCUT2D eigenvalue weighted by Crippen LogP contribution is 2.49. The van der Waals surface area contributed by atoms with E-state index in [0.717, 1.165) is 5.02 Å². The fraction of sp³-hybridized carbons (Fsp3) is 0.0909. The molecule has 0 saturated heterocycles. The number of hydrogen-bond acceptors (Lipinski definition) is 0. The first kappa shape index (κ1) is 14.3. The van der Waals surface area contributed by atoms with Gasteiger partial charge in [-0.25, -0.2) is 0 Å². The van der Waals surface area contributed by atoms with Gasteiger partial charge in [0, 0.05) is 10.9 Å². The van der Waals surface area contributed by atoms with Crippen molar-refractivity contribution in [1.82, 2.24) is 0 Å². The normalized spacial score (nSPS) is 16.5. The average molecular weight is 317 g/mol. The number of hydrogen-bond donors (Lipinski definition) is 0. The summed E-state index contributed by atoms with van der Waals surface area (Å²) < 4.78 is 0. The number of halogens is 1. The molecule has 1 unspecified atom stereocenters. The molecule has 0 spiro atoms. The van der Waals surface area contributed by atoms with Gasteiger partial charge in [0.25, 0.3) is 0 Å². The number of rotatable bonds is 2. The van der Waals surface area contributed by atoms with E-state index in [2.05, 4.69) is 73.7 Å². The second-order valence-electron chi connectivity index (χ2n) is 5.97. The van der Waals surface area contributed by atoms with E-state index in [-0.39, 0.29) is 0 Å². The van der Waals surface area contributed by atoms with Crippen LogP contribution in [0.4, 0.5) is 0 Å². The first-order valence-electron chi connectivity index (χ1n) is 7.90. The van der Waals surface area contributed by atoms with Crippen molar-refractivity contribution in [3.8, 4) is 0 Å². The summed E-state index contributed by atoms with van der Waals surface area (Å²) in [4.78, 5) is 0. The molecule has 0 aliphatic heterocycles. The lowest BCUT2D eigenvalue weighted by Gasteiger charge is -2.13. The molecular formula is C22H17Cl. The van der Waals surface area contributed by atoms with Crippen molar-refractivity contribution < 1.29 is 0 Å². The Morgan fingerprint density at radius 3 is 2.09 bits per heavy atom. The summed E-state index contributed by atoms with van der Waals surface area (Å²) in [5, 5.41) is 0.773. The molecule has 112 valence electrons. The molecule has 3 aromatic rings. The summed E-state index contributed by atoms with van der Waals surface area (Å²) in [6.45, 7) is 2.30. The topological polar surface area (TPSA) is 0 Å². The average Bonchev–Trinajstić information content (AvgIpc) is 2.90. The lowest BCUT2D eigenvalue weighted by molar-refractivity contribution is 1.01. The van der Waals surface area contributed by atoms with Gasteiger partial charge in [-0.1, -0.05) is 85.3 Å². The molecule has 1 heteroatoms. The van der Waals surface area contributed by atoms with E-state index < -0.39 is 0 Å². The standard InChI is InChI=1S/C22H17Cl/c1-15-19-9-5-6-10-20(19)22(17-11-13-18(23)14-12-17)21(15)16-7-3-2-4-8-16/h2-15H,1H3. The highest BCUT2D eigenvalue weighted by atomic mass is 35.5. The number of fused-ring (bicyclic) bond motifs is 1. The highest BCUT2D eigenvalue weighted by molar-refractivity contribution is 6.30. The minimum Gasteiger partial charge on any atom is -0.0843 e. The summed E-state index contributed by atoms with van der Waals surface area (Å²) in [6, 6.07) is 27.6. The zero-order valence-corrected chi connectivity index (χ0v) is 13.7. The first-order chi connectivity index (χ1) is 11.3. The van der Waals surface area contributed by atoms with Crippen LogP contribution in [0.2, 0.25) is 5.02 Å². The van der Waals surface area contributed by atoms with Crippen LogP contribution in [-0.4, -0.2) is 0 Å². The minimum absolute atomic E-state index is 0.388. The van der Waals surface area contributed by atoms with Crippen molar-refractivity contribution in [2.24, 2.45) is 0 Å². The van der Waals surface area contributed by atoms with Gasteiger partial charge >= 0.3 is 0 Å². The summed E-state index contributed by atoms with van der Waals surface area (Å²) in [7, 11) is 0. The van der Waals surface area contributed by atoms with Gasteiger partial charge < -0.3 is 0 Å². The Bertz CT molecular complexity index is 873. The van der Waals surface area contributed by atoms with Gasteiger partial charge in [0.1, 0.15) is 0 Å². The SMILES string of the molecule is CC1C(c2ccccc2)=C(c2ccc(Cl)cc2)c2ccccc21. The number of allylic oxidation sites excluding steroid dienone is 1. The van der Waals surface area contributed by atoms with Crippen LogP contribution < -0.4 is 0 Å². The highest BCUT2D eigenvalue weighted by Gasteiger charge is 2.29. The molecule has 0 fully saturated rings. The predicted molar refractivity (Wildman–Crippen MR) is 98.7 cm³/mol. The van der Waals surface area contributed by atoms with Crippen molar-refractivity contribution in [2.45, 2.75) is 12.8 Å². The quantitative estimate of drug-likeness (QED) is 0.512.